The van der Waals surface area contributed by atoms with Crippen LogP contribution in [0.25, 0.3) is 124 Å². The summed E-state index contributed by atoms with van der Waals surface area (Å²) in [5, 5.41) is 8.57. The van der Waals surface area contributed by atoms with E-state index in [1.165, 1.54) is 60.0 Å². The van der Waals surface area contributed by atoms with E-state index in [0.29, 0.717) is 0 Å². The lowest BCUT2D eigenvalue weighted by atomic mass is 9.91. The Kier molecular flexibility index (Phi) is 8.96. The molecule has 3 aromatic heterocycles. The van der Waals surface area contributed by atoms with Crippen LogP contribution in [0.3, 0.4) is 0 Å². The van der Waals surface area contributed by atoms with Crippen molar-refractivity contribution < 1.29 is 0 Å². The molecule has 0 spiro atoms. The summed E-state index contributed by atoms with van der Waals surface area (Å²) in [5.41, 5.74) is 17.6. The normalized spacial score (nSPS) is 12.4. The molecule has 0 unspecified atom stereocenters. The second-order valence-corrected chi connectivity index (χ2v) is 16.8. The lowest BCUT2D eigenvalue weighted by molar-refractivity contribution is 1.03. The first-order chi connectivity index (χ1) is 32.1. The predicted molar refractivity (Wildman–Crippen MR) is 277 cm³/mol. The summed E-state index contributed by atoms with van der Waals surface area (Å²) in [5.74, 6) is 0.789. The van der Waals surface area contributed by atoms with E-state index >= 15 is 0 Å². The van der Waals surface area contributed by atoms with E-state index in [2.05, 4.69) is 199 Å². The fourth-order valence-electron chi connectivity index (χ4n) is 10.6. The van der Waals surface area contributed by atoms with Gasteiger partial charge < -0.3 is 4.57 Å². The van der Waals surface area contributed by atoms with Crippen LogP contribution >= 0.6 is 0 Å². The Hall–Kier alpha value is -8.34. The third-order valence-corrected chi connectivity index (χ3v) is 13.3. The number of rotatable bonds is 8. The first-order valence-electron chi connectivity index (χ1n) is 22.3. The molecule has 4 heteroatoms. The van der Waals surface area contributed by atoms with Gasteiger partial charge in [0.1, 0.15) is 5.69 Å². The van der Waals surface area contributed by atoms with E-state index in [0.717, 1.165) is 79.5 Å². The molecule has 0 atom stereocenters. The average Bonchev–Trinajstić information content (AvgIpc) is 4.02. The molecule has 308 valence electrons. The monoisotopic (exact) mass is 832 g/mol. The second-order valence-electron chi connectivity index (χ2n) is 16.8. The maximum Gasteiger partial charge on any atom is 0.165 e. The van der Waals surface area contributed by atoms with Crippen LogP contribution in [0.15, 0.2) is 183 Å². The third-order valence-electron chi connectivity index (χ3n) is 13.3. The minimum absolute atomic E-state index is 0.747. The Morgan fingerprint density at radius 2 is 1.18 bits per heavy atom. The van der Waals surface area contributed by atoms with Crippen LogP contribution in [-0.4, -0.2) is 19.1 Å². The summed E-state index contributed by atoms with van der Waals surface area (Å²) in [7, 11) is 0. The molecule has 0 N–H and O–H groups in total. The molecule has 3 heterocycles. The number of hydrogen-bond donors (Lipinski definition) is 0. The van der Waals surface area contributed by atoms with Gasteiger partial charge in [0.25, 0.3) is 0 Å². The van der Waals surface area contributed by atoms with Crippen LogP contribution in [0.4, 0.5) is 0 Å². The first-order valence-corrected chi connectivity index (χ1v) is 22.3. The van der Waals surface area contributed by atoms with Crippen LogP contribution in [0.5, 0.6) is 0 Å². The largest absolute Gasteiger partial charge is 0.309 e. The van der Waals surface area contributed by atoms with Gasteiger partial charge in [-0.05, 0) is 123 Å². The molecule has 8 aromatic carbocycles. The summed E-state index contributed by atoms with van der Waals surface area (Å²) < 4.78 is 4.74. The van der Waals surface area contributed by atoms with Crippen molar-refractivity contribution in [3.8, 4) is 45.0 Å². The van der Waals surface area contributed by atoms with E-state index in [1.54, 1.807) is 0 Å². The van der Waals surface area contributed by atoms with E-state index < -0.39 is 0 Å². The van der Waals surface area contributed by atoms with Gasteiger partial charge in [-0.2, -0.15) is 0 Å². The van der Waals surface area contributed by atoms with E-state index in [9.17, 15) is 0 Å². The van der Waals surface area contributed by atoms with Crippen molar-refractivity contribution in [2.24, 2.45) is 0 Å². The van der Waals surface area contributed by atoms with E-state index in [-0.39, 0.29) is 0 Å². The summed E-state index contributed by atoms with van der Waals surface area (Å²) in [6.45, 7) is 12.6. The molecule has 0 saturated heterocycles. The minimum Gasteiger partial charge on any atom is -0.309 e. The van der Waals surface area contributed by atoms with Gasteiger partial charge in [0.2, 0.25) is 0 Å². The highest BCUT2D eigenvalue weighted by Crippen LogP contribution is 2.52. The molecule has 0 aliphatic heterocycles. The van der Waals surface area contributed by atoms with Gasteiger partial charge in [0.05, 0.1) is 33.6 Å². The maximum atomic E-state index is 5.57. The quantitative estimate of drug-likeness (QED) is 0.153. The Morgan fingerprint density at radius 3 is 1.91 bits per heavy atom. The van der Waals surface area contributed by atoms with Crippen LogP contribution < -0.4 is 0 Å². The SMILES string of the molecule is C=Cc1nc(-c2ccccc2)c(-n2c3ccc(-c4ccc5c(c4)c(/C=C\C)c(C=C)n5-c4ccccc4)cc3c3c4ccccc4c4c(c32)Cc2ccc3ccccc3c2-4)nc1/C=C\C. The highest BCUT2D eigenvalue weighted by Gasteiger charge is 2.31. The van der Waals surface area contributed by atoms with Crippen molar-refractivity contribution in [2.45, 2.75) is 20.3 Å². The molecule has 0 saturated carbocycles. The van der Waals surface area contributed by atoms with Crippen molar-refractivity contribution >= 4 is 78.6 Å². The molecule has 0 bridgehead atoms. The number of aromatic nitrogens is 4. The molecule has 65 heavy (non-hydrogen) atoms. The predicted octanol–water partition coefficient (Wildman–Crippen LogP) is 16.1. The van der Waals surface area contributed by atoms with Crippen molar-refractivity contribution in [3.05, 3.63) is 217 Å². The number of hydrogen-bond acceptors (Lipinski definition) is 2. The fourth-order valence-corrected chi connectivity index (χ4v) is 10.6. The Morgan fingerprint density at radius 1 is 0.523 bits per heavy atom. The van der Waals surface area contributed by atoms with Crippen LogP contribution in [0, 0.1) is 0 Å². The van der Waals surface area contributed by atoms with Crippen molar-refractivity contribution in [3.63, 3.8) is 0 Å². The molecule has 11 aromatic rings. The first kappa shape index (κ1) is 38.3. The number of benzene rings is 8. The third kappa shape index (κ3) is 5.77. The summed E-state index contributed by atoms with van der Waals surface area (Å²) in [4.78, 5) is 10.9. The van der Waals surface area contributed by atoms with Gasteiger partial charge in [-0.1, -0.05) is 153 Å². The van der Waals surface area contributed by atoms with Crippen molar-refractivity contribution in [1.29, 1.82) is 0 Å². The van der Waals surface area contributed by atoms with Crippen LogP contribution in [0.1, 0.15) is 47.6 Å². The van der Waals surface area contributed by atoms with Crippen LogP contribution in [0.2, 0.25) is 0 Å². The number of fused-ring (bicyclic) bond motifs is 13. The molecule has 1 aliphatic rings. The van der Waals surface area contributed by atoms with Gasteiger partial charge in [-0.25, -0.2) is 9.97 Å². The zero-order chi connectivity index (χ0) is 43.8. The topological polar surface area (TPSA) is 35.6 Å². The second kappa shape index (κ2) is 15.2. The zero-order valence-corrected chi connectivity index (χ0v) is 36.4. The van der Waals surface area contributed by atoms with Crippen molar-refractivity contribution in [1.82, 2.24) is 19.1 Å². The molecule has 0 amide bonds. The van der Waals surface area contributed by atoms with Gasteiger partial charge in [0, 0.05) is 39.4 Å². The average molecular weight is 833 g/mol. The Labute approximate surface area is 378 Å². The van der Waals surface area contributed by atoms with Crippen LogP contribution in [-0.2, 0) is 6.42 Å². The lowest BCUT2D eigenvalue weighted by Crippen LogP contribution is -2.07. The smallest absolute Gasteiger partial charge is 0.165 e. The van der Waals surface area contributed by atoms with E-state index in [1.807, 2.05) is 31.2 Å². The molecular weight excluding hydrogens is 789 g/mol. The highest BCUT2D eigenvalue weighted by atomic mass is 15.1. The summed E-state index contributed by atoms with van der Waals surface area (Å²) >= 11 is 0. The fraction of sp³-hybridized carbons (Fsp3) is 0.0492. The highest BCUT2D eigenvalue weighted by molar-refractivity contribution is 6.28. The lowest BCUT2D eigenvalue weighted by Gasteiger charge is -2.17. The van der Waals surface area contributed by atoms with Gasteiger partial charge >= 0.3 is 0 Å². The van der Waals surface area contributed by atoms with Crippen molar-refractivity contribution in [2.75, 3.05) is 0 Å². The Bertz CT molecular complexity index is 3840. The number of allylic oxidation sites excluding steroid dienone is 2. The standard InChI is InChI=1S/C61H44N4/c1-5-19-45-48-35-40(31-33-54(48)64(53(45)8-4)43-24-13-10-14-25-43)41-32-34-55-49(36-41)58-47-28-18-17-27-46(47)57-50(37-42-30-29-38-21-15-16-26-44(38)56(42)57)60(58)65(55)61-59(39-22-11-9-12-23-39)62-51(7-3)52(63-61)20-6-2/h5-36H,3-4,37H2,1-2H3/b19-5-,20-6-. The molecule has 1 aliphatic carbocycles. The number of nitrogens with zero attached hydrogens (tertiary/aromatic N) is 4. The molecule has 12 rings (SSSR count). The molecule has 0 fully saturated rings. The van der Waals surface area contributed by atoms with Gasteiger partial charge in [-0.3, -0.25) is 4.57 Å². The maximum absolute atomic E-state index is 5.57. The van der Waals surface area contributed by atoms with E-state index in [4.69, 9.17) is 9.97 Å². The van der Waals surface area contributed by atoms with Gasteiger partial charge in [0.15, 0.2) is 5.82 Å². The molecule has 0 radical (unpaired) electrons. The summed E-state index contributed by atoms with van der Waals surface area (Å²) in [6.07, 6.45) is 13.0. The zero-order valence-electron chi connectivity index (χ0n) is 36.4. The molecule has 4 nitrogen and oxygen atoms in total. The minimum atomic E-state index is 0.747. The summed E-state index contributed by atoms with van der Waals surface area (Å²) in [6, 6.07) is 57.3. The Balaban J connectivity index is 1.21. The number of para-hydroxylation sites is 1. The molecular formula is C61H44N4. The van der Waals surface area contributed by atoms with Gasteiger partial charge in [-0.15, -0.1) is 0 Å².